The minimum absolute atomic E-state index is 0.0996. The van der Waals surface area contributed by atoms with Crippen molar-refractivity contribution < 1.29 is 22.7 Å². The van der Waals surface area contributed by atoms with Crippen LogP contribution in [0.2, 0.25) is 0 Å². The number of nitrogens with zero attached hydrogens (tertiary/aromatic N) is 1. The van der Waals surface area contributed by atoms with Crippen LogP contribution in [0, 0.1) is 0 Å². The van der Waals surface area contributed by atoms with Crippen LogP contribution in [-0.2, 0) is 14.8 Å². The van der Waals surface area contributed by atoms with E-state index in [0.717, 1.165) is 25.7 Å². The van der Waals surface area contributed by atoms with Crippen molar-refractivity contribution in [3.63, 3.8) is 0 Å². The van der Waals surface area contributed by atoms with Crippen molar-refractivity contribution in [3.05, 3.63) is 48.2 Å². The molecule has 0 radical (unpaired) electrons. The van der Waals surface area contributed by atoms with Gasteiger partial charge in [-0.2, -0.15) is 0 Å². The van der Waals surface area contributed by atoms with Gasteiger partial charge in [-0.25, -0.2) is 13.4 Å². The molecule has 1 atom stereocenters. The van der Waals surface area contributed by atoms with Crippen LogP contribution in [0.25, 0.3) is 0 Å². The molecule has 0 aliphatic carbocycles. The fourth-order valence-corrected chi connectivity index (χ4v) is 3.19. The highest BCUT2D eigenvalue weighted by molar-refractivity contribution is 7.92. The molecule has 2 aromatic rings. The quantitative estimate of drug-likeness (QED) is 0.750. The zero-order valence-electron chi connectivity index (χ0n) is 14.8. The zero-order valence-corrected chi connectivity index (χ0v) is 15.7. The number of sulfonamides is 1. The number of carbonyl (C=O) groups is 1. The van der Waals surface area contributed by atoms with Gasteiger partial charge in [-0.3, -0.25) is 9.52 Å². The van der Waals surface area contributed by atoms with Gasteiger partial charge in [-0.15, -0.1) is 0 Å². The standard InChI is InChI=1S/C18H21N3O5S/c1-27(23,24)21-15-5-2-4-14(10-15)20-18(22)13-7-8-17(19-11-13)26-12-16-6-3-9-25-16/h2,4-5,7-8,10-11,16,21H,3,6,9,12H2,1H3,(H,20,22)/t16-/m1/s1. The average Bonchev–Trinajstić information content (AvgIpc) is 3.13. The molecule has 9 heteroatoms. The van der Waals surface area contributed by atoms with Gasteiger partial charge in [0.25, 0.3) is 5.91 Å². The van der Waals surface area contributed by atoms with Crippen LogP contribution in [0.4, 0.5) is 11.4 Å². The summed E-state index contributed by atoms with van der Waals surface area (Å²) in [6.07, 6.45) is 4.61. The maximum Gasteiger partial charge on any atom is 0.257 e. The molecular formula is C18H21N3O5S. The molecule has 0 saturated carbocycles. The number of rotatable bonds is 7. The third-order valence-corrected chi connectivity index (χ3v) is 4.47. The number of hydrogen-bond donors (Lipinski definition) is 2. The summed E-state index contributed by atoms with van der Waals surface area (Å²) in [5.74, 6) is 0.0751. The van der Waals surface area contributed by atoms with E-state index in [9.17, 15) is 13.2 Å². The normalized spacial score (nSPS) is 16.7. The van der Waals surface area contributed by atoms with Crippen molar-refractivity contribution in [3.8, 4) is 5.88 Å². The number of ether oxygens (including phenoxy) is 2. The monoisotopic (exact) mass is 391 g/mol. The number of benzene rings is 1. The van der Waals surface area contributed by atoms with E-state index in [2.05, 4.69) is 15.0 Å². The summed E-state index contributed by atoms with van der Waals surface area (Å²) in [6.45, 7) is 1.21. The molecule has 2 N–H and O–H groups in total. The third kappa shape index (κ3) is 5.93. The number of hydrogen-bond acceptors (Lipinski definition) is 6. The lowest BCUT2D eigenvalue weighted by molar-refractivity contribution is 0.0663. The Morgan fingerprint density at radius 2 is 2.11 bits per heavy atom. The molecule has 1 aromatic carbocycles. The summed E-state index contributed by atoms with van der Waals surface area (Å²) >= 11 is 0. The highest BCUT2D eigenvalue weighted by atomic mass is 32.2. The van der Waals surface area contributed by atoms with Gasteiger partial charge in [-0.05, 0) is 37.1 Å². The molecule has 0 bridgehead atoms. The lowest BCUT2D eigenvalue weighted by atomic mass is 10.2. The van der Waals surface area contributed by atoms with Gasteiger partial charge in [-0.1, -0.05) is 6.07 Å². The van der Waals surface area contributed by atoms with Crippen LogP contribution in [0.1, 0.15) is 23.2 Å². The lowest BCUT2D eigenvalue weighted by Gasteiger charge is -2.11. The Labute approximate surface area is 158 Å². The van der Waals surface area contributed by atoms with E-state index >= 15 is 0 Å². The smallest absolute Gasteiger partial charge is 0.257 e. The van der Waals surface area contributed by atoms with Crippen LogP contribution >= 0.6 is 0 Å². The van der Waals surface area contributed by atoms with Gasteiger partial charge in [0.2, 0.25) is 15.9 Å². The van der Waals surface area contributed by atoms with Crippen LogP contribution in [-0.4, -0.2) is 44.9 Å². The molecule has 8 nitrogen and oxygen atoms in total. The van der Waals surface area contributed by atoms with E-state index in [-0.39, 0.29) is 12.0 Å². The second-order valence-electron chi connectivity index (χ2n) is 6.24. The molecule has 1 fully saturated rings. The fraction of sp³-hybridized carbons (Fsp3) is 0.333. The largest absolute Gasteiger partial charge is 0.475 e. The summed E-state index contributed by atoms with van der Waals surface area (Å²) in [6, 6.07) is 9.68. The number of nitrogens with one attached hydrogen (secondary N) is 2. The summed E-state index contributed by atoms with van der Waals surface area (Å²) in [4.78, 5) is 16.5. The lowest BCUT2D eigenvalue weighted by Crippen LogP contribution is -2.17. The van der Waals surface area contributed by atoms with Crippen LogP contribution in [0.3, 0.4) is 0 Å². The van der Waals surface area contributed by atoms with E-state index in [4.69, 9.17) is 9.47 Å². The molecule has 3 rings (SSSR count). The number of carbonyl (C=O) groups excluding carboxylic acids is 1. The Bertz CT molecular complexity index is 893. The molecule has 1 amide bonds. The number of pyridine rings is 1. The van der Waals surface area contributed by atoms with Gasteiger partial charge in [0.05, 0.1) is 23.6 Å². The maximum atomic E-state index is 12.3. The van der Waals surface area contributed by atoms with E-state index in [1.165, 1.54) is 12.3 Å². The van der Waals surface area contributed by atoms with E-state index in [0.29, 0.717) is 29.4 Å². The summed E-state index contributed by atoms with van der Waals surface area (Å²) in [5.41, 5.74) is 1.19. The first-order valence-electron chi connectivity index (χ1n) is 8.49. The Morgan fingerprint density at radius 1 is 1.30 bits per heavy atom. The number of amides is 1. The Kier molecular flexibility index (Phi) is 5.92. The maximum absolute atomic E-state index is 12.3. The minimum atomic E-state index is -3.39. The molecule has 1 saturated heterocycles. The summed E-state index contributed by atoms with van der Waals surface area (Å²) in [7, 11) is -3.39. The van der Waals surface area contributed by atoms with Crippen LogP contribution < -0.4 is 14.8 Å². The van der Waals surface area contributed by atoms with Crippen molar-refractivity contribution in [1.82, 2.24) is 4.98 Å². The molecule has 1 aromatic heterocycles. The van der Waals surface area contributed by atoms with Crippen molar-refractivity contribution in [1.29, 1.82) is 0 Å². The predicted octanol–water partition coefficient (Wildman–Crippen LogP) is 2.26. The first-order chi connectivity index (χ1) is 12.9. The fourth-order valence-electron chi connectivity index (χ4n) is 2.63. The minimum Gasteiger partial charge on any atom is -0.475 e. The van der Waals surface area contributed by atoms with Crippen molar-refractivity contribution in [2.24, 2.45) is 0 Å². The summed E-state index contributed by atoms with van der Waals surface area (Å²) in [5, 5.41) is 2.71. The molecular weight excluding hydrogens is 370 g/mol. The highest BCUT2D eigenvalue weighted by Gasteiger charge is 2.16. The van der Waals surface area contributed by atoms with Gasteiger partial charge in [0, 0.05) is 24.6 Å². The van der Waals surface area contributed by atoms with Gasteiger partial charge in [0.15, 0.2) is 0 Å². The molecule has 2 heterocycles. The second kappa shape index (κ2) is 8.36. The number of aromatic nitrogens is 1. The molecule has 1 aliphatic rings. The van der Waals surface area contributed by atoms with Crippen LogP contribution in [0.5, 0.6) is 5.88 Å². The molecule has 0 unspecified atom stereocenters. The van der Waals surface area contributed by atoms with Crippen molar-refractivity contribution in [2.45, 2.75) is 18.9 Å². The first-order valence-corrected chi connectivity index (χ1v) is 10.4. The zero-order chi connectivity index (χ0) is 19.3. The topological polar surface area (TPSA) is 107 Å². The van der Waals surface area contributed by atoms with E-state index in [1.807, 2.05) is 0 Å². The van der Waals surface area contributed by atoms with E-state index in [1.54, 1.807) is 30.3 Å². The van der Waals surface area contributed by atoms with Crippen molar-refractivity contribution in [2.75, 3.05) is 29.5 Å². The highest BCUT2D eigenvalue weighted by Crippen LogP contribution is 2.18. The molecule has 144 valence electrons. The summed E-state index contributed by atoms with van der Waals surface area (Å²) < 4.78 is 36.0. The van der Waals surface area contributed by atoms with Gasteiger partial charge in [0.1, 0.15) is 6.61 Å². The average molecular weight is 391 g/mol. The SMILES string of the molecule is CS(=O)(=O)Nc1cccc(NC(=O)c2ccc(OC[C@H]3CCCO3)nc2)c1. The van der Waals surface area contributed by atoms with Gasteiger partial charge >= 0.3 is 0 Å². The van der Waals surface area contributed by atoms with Crippen molar-refractivity contribution >= 4 is 27.3 Å². The number of anilines is 2. The second-order valence-corrected chi connectivity index (χ2v) is 7.99. The van der Waals surface area contributed by atoms with Gasteiger partial charge < -0.3 is 14.8 Å². The molecule has 1 aliphatic heterocycles. The molecule has 27 heavy (non-hydrogen) atoms. The third-order valence-electron chi connectivity index (χ3n) is 3.86. The molecule has 0 spiro atoms. The Hall–Kier alpha value is -2.65. The van der Waals surface area contributed by atoms with Crippen LogP contribution in [0.15, 0.2) is 42.6 Å². The predicted molar refractivity (Wildman–Crippen MR) is 102 cm³/mol. The first kappa shape index (κ1) is 19.1. The Balaban J connectivity index is 1.58. The van der Waals surface area contributed by atoms with E-state index < -0.39 is 10.0 Å². The Morgan fingerprint density at radius 3 is 2.78 bits per heavy atom.